The second-order valence-corrected chi connectivity index (χ2v) is 4.88. The molecule has 0 aliphatic rings. The van der Waals surface area contributed by atoms with Crippen LogP contribution >= 0.6 is 0 Å². The van der Waals surface area contributed by atoms with Gasteiger partial charge in [-0.25, -0.2) is 4.68 Å². The van der Waals surface area contributed by atoms with Crippen LogP contribution in [0.2, 0.25) is 0 Å². The molecule has 0 atom stereocenters. The van der Waals surface area contributed by atoms with Gasteiger partial charge in [0.2, 0.25) is 0 Å². The van der Waals surface area contributed by atoms with Gasteiger partial charge in [-0.15, -0.1) is 0 Å². The largest absolute Gasteiger partial charge is 0.497 e. The number of nitrogens with two attached hydrogens (primary N) is 1. The van der Waals surface area contributed by atoms with Gasteiger partial charge in [0.15, 0.2) is 5.82 Å². The average molecular weight is 274 g/mol. The van der Waals surface area contributed by atoms with Crippen LogP contribution in [-0.2, 0) is 6.54 Å². The van der Waals surface area contributed by atoms with Gasteiger partial charge in [0.05, 0.1) is 18.5 Å². The zero-order valence-corrected chi connectivity index (χ0v) is 12.5. The summed E-state index contributed by atoms with van der Waals surface area (Å²) in [6, 6.07) is 5.91. The van der Waals surface area contributed by atoms with Crippen LogP contribution in [-0.4, -0.2) is 16.9 Å². The number of nitrogens with zero attached hydrogens (tertiary/aromatic N) is 2. The Morgan fingerprint density at radius 1 is 1.35 bits per heavy atom. The van der Waals surface area contributed by atoms with Gasteiger partial charge in [-0.2, -0.15) is 5.10 Å². The Bertz CT molecular complexity index is 604. The number of hydrogen-bond acceptors (Lipinski definition) is 4. The molecule has 0 aliphatic carbocycles. The molecule has 2 rings (SSSR count). The van der Waals surface area contributed by atoms with Gasteiger partial charge in [0.25, 0.3) is 0 Å². The molecule has 0 saturated heterocycles. The van der Waals surface area contributed by atoms with E-state index in [0.717, 1.165) is 41.5 Å². The first kappa shape index (κ1) is 14.2. The summed E-state index contributed by atoms with van der Waals surface area (Å²) in [5, 5.41) is 7.85. The molecule has 1 aromatic carbocycles. The van der Waals surface area contributed by atoms with E-state index < -0.39 is 0 Å². The number of anilines is 3. The second kappa shape index (κ2) is 5.86. The molecule has 5 heteroatoms. The van der Waals surface area contributed by atoms with Gasteiger partial charge >= 0.3 is 0 Å². The summed E-state index contributed by atoms with van der Waals surface area (Å²) in [7, 11) is 1.67. The van der Waals surface area contributed by atoms with E-state index in [4.69, 9.17) is 10.5 Å². The molecule has 0 bridgehead atoms. The molecule has 3 N–H and O–H groups in total. The molecule has 1 aromatic heterocycles. The Morgan fingerprint density at radius 2 is 2.10 bits per heavy atom. The lowest BCUT2D eigenvalue weighted by atomic mass is 10.2. The Labute approximate surface area is 119 Å². The molecule has 0 amide bonds. The fraction of sp³-hybridized carbons (Fsp3) is 0.400. The highest BCUT2D eigenvalue weighted by Gasteiger charge is 2.13. The Hall–Kier alpha value is -2.17. The topological polar surface area (TPSA) is 65.1 Å². The summed E-state index contributed by atoms with van der Waals surface area (Å²) < 4.78 is 7.15. The summed E-state index contributed by atoms with van der Waals surface area (Å²) in [4.78, 5) is 0. The number of ether oxygens (including phenoxy) is 1. The highest BCUT2D eigenvalue weighted by molar-refractivity contribution is 5.72. The standard InChI is InChI=1S/C15H22N4O/c1-5-8-19-15(14(16)11(3)18-19)17-13-7-6-12(20-4)9-10(13)2/h6-7,9,17H,5,8,16H2,1-4H3. The molecule has 0 saturated carbocycles. The van der Waals surface area contributed by atoms with Crippen molar-refractivity contribution >= 4 is 17.2 Å². The van der Waals surface area contributed by atoms with E-state index in [-0.39, 0.29) is 0 Å². The molecule has 20 heavy (non-hydrogen) atoms. The van der Waals surface area contributed by atoms with Gasteiger partial charge in [0, 0.05) is 12.2 Å². The number of methoxy groups -OCH3 is 1. The number of benzene rings is 1. The van der Waals surface area contributed by atoms with Crippen LogP contribution in [0.15, 0.2) is 18.2 Å². The van der Waals surface area contributed by atoms with Crippen LogP contribution in [0.5, 0.6) is 5.75 Å². The van der Waals surface area contributed by atoms with Crippen molar-refractivity contribution in [2.24, 2.45) is 0 Å². The normalized spacial score (nSPS) is 10.6. The molecule has 0 spiro atoms. The first-order valence-electron chi connectivity index (χ1n) is 6.81. The Balaban J connectivity index is 2.34. The molecule has 108 valence electrons. The van der Waals surface area contributed by atoms with Crippen molar-refractivity contribution in [1.82, 2.24) is 9.78 Å². The third kappa shape index (κ3) is 2.71. The van der Waals surface area contributed by atoms with Crippen LogP contribution in [0, 0.1) is 13.8 Å². The van der Waals surface area contributed by atoms with E-state index in [1.807, 2.05) is 36.7 Å². The minimum atomic E-state index is 0.702. The summed E-state index contributed by atoms with van der Waals surface area (Å²) >= 11 is 0. The van der Waals surface area contributed by atoms with Crippen molar-refractivity contribution in [2.75, 3.05) is 18.2 Å². The lowest BCUT2D eigenvalue weighted by Crippen LogP contribution is -2.06. The van der Waals surface area contributed by atoms with Crippen LogP contribution in [0.4, 0.5) is 17.2 Å². The van der Waals surface area contributed by atoms with Crippen molar-refractivity contribution in [2.45, 2.75) is 33.7 Å². The zero-order valence-electron chi connectivity index (χ0n) is 12.5. The number of rotatable bonds is 5. The van der Waals surface area contributed by atoms with Gasteiger partial charge < -0.3 is 15.8 Å². The number of hydrogen-bond donors (Lipinski definition) is 2. The van der Waals surface area contributed by atoms with E-state index in [1.165, 1.54) is 0 Å². The van der Waals surface area contributed by atoms with Gasteiger partial charge in [-0.1, -0.05) is 6.92 Å². The lowest BCUT2D eigenvalue weighted by Gasteiger charge is -2.13. The van der Waals surface area contributed by atoms with Crippen LogP contribution in [0.25, 0.3) is 0 Å². The maximum atomic E-state index is 6.12. The van der Waals surface area contributed by atoms with Crippen molar-refractivity contribution in [1.29, 1.82) is 0 Å². The molecule has 0 aliphatic heterocycles. The fourth-order valence-corrected chi connectivity index (χ4v) is 2.13. The maximum absolute atomic E-state index is 6.12. The van der Waals surface area contributed by atoms with Gasteiger partial charge in [-0.05, 0) is 44.0 Å². The average Bonchev–Trinajstić information content (AvgIpc) is 2.69. The highest BCUT2D eigenvalue weighted by Crippen LogP contribution is 2.29. The Kier molecular flexibility index (Phi) is 4.17. The molecule has 5 nitrogen and oxygen atoms in total. The highest BCUT2D eigenvalue weighted by atomic mass is 16.5. The third-order valence-corrected chi connectivity index (χ3v) is 3.30. The smallest absolute Gasteiger partial charge is 0.152 e. The maximum Gasteiger partial charge on any atom is 0.152 e. The van der Waals surface area contributed by atoms with E-state index in [9.17, 15) is 0 Å². The molecular formula is C15H22N4O. The van der Waals surface area contributed by atoms with E-state index >= 15 is 0 Å². The SMILES string of the molecule is CCCn1nc(C)c(N)c1Nc1ccc(OC)cc1C. The molecule has 2 aromatic rings. The number of nitrogen functional groups attached to an aromatic ring is 1. The molecule has 1 heterocycles. The molecule has 0 fully saturated rings. The predicted octanol–water partition coefficient (Wildman–Crippen LogP) is 3.24. The minimum absolute atomic E-state index is 0.702. The van der Waals surface area contributed by atoms with Crippen LogP contribution in [0.3, 0.4) is 0 Å². The first-order chi connectivity index (χ1) is 9.56. The summed E-state index contributed by atoms with van der Waals surface area (Å²) in [6.45, 7) is 6.92. The van der Waals surface area contributed by atoms with Gasteiger partial charge in [-0.3, -0.25) is 0 Å². The summed E-state index contributed by atoms with van der Waals surface area (Å²) in [5.41, 5.74) is 9.78. The molecule has 0 radical (unpaired) electrons. The first-order valence-corrected chi connectivity index (χ1v) is 6.81. The van der Waals surface area contributed by atoms with Crippen LogP contribution < -0.4 is 15.8 Å². The Morgan fingerprint density at radius 3 is 2.70 bits per heavy atom. The zero-order chi connectivity index (χ0) is 14.7. The van der Waals surface area contributed by atoms with Crippen molar-refractivity contribution < 1.29 is 4.74 Å². The molecule has 0 unspecified atom stereocenters. The number of aryl methyl sites for hydroxylation is 3. The molecular weight excluding hydrogens is 252 g/mol. The van der Waals surface area contributed by atoms with E-state index in [2.05, 4.69) is 17.3 Å². The number of aromatic nitrogens is 2. The quantitative estimate of drug-likeness (QED) is 0.878. The van der Waals surface area contributed by atoms with Crippen LogP contribution in [0.1, 0.15) is 24.6 Å². The van der Waals surface area contributed by atoms with Crippen molar-refractivity contribution in [3.63, 3.8) is 0 Å². The number of nitrogens with one attached hydrogen (secondary N) is 1. The monoisotopic (exact) mass is 274 g/mol. The summed E-state index contributed by atoms with van der Waals surface area (Å²) in [5.74, 6) is 1.71. The minimum Gasteiger partial charge on any atom is -0.497 e. The predicted molar refractivity (Wildman–Crippen MR) is 82.7 cm³/mol. The second-order valence-electron chi connectivity index (χ2n) is 4.88. The third-order valence-electron chi connectivity index (χ3n) is 3.30. The lowest BCUT2D eigenvalue weighted by molar-refractivity contribution is 0.414. The van der Waals surface area contributed by atoms with Crippen molar-refractivity contribution in [3.05, 3.63) is 29.5 Å². The van der Waals surface area contributed by atoms with Crippen molar-refractivity contribution in [3.8, 4) is 5.75 Å². The van der Waals surface area contributed by atoms with E-state index in [1.54, 1.807) is 7.11 Å². The fourth-order valence-electron chi connectivity index (χ4n) is 2.13. The summed E-state index contributed by atoms with van der Waals surface area (Å²) in [6.07, 6.45) is 1.01. The van der Waals surface area contributed by atoms with Gasteiger partial charge in [0.1, 0.15) is 5.75 Å². The van der Waals surface area contributed by atoms with E-state index in [0.29, 0.717) is 5.69 Å².